The second kappa shape index (κ2) is 2.95. The minimum Gasteiger partial charge on any atom is -0.398 e. The van der Waals surface area contributed by atoms with Crippen molar-refractivity contribution < 1.29 is 16.7 Å². The van der Waals surface area contributed by atoms with E-state index in [0.29, 0.717) is 5.56 Å². The highest BCUT2D eigenvalue weighted by Gasteiger charge is 2.18. The molecule has 0 atom stereocenters. The van der Waals surface area contributed by atoms with Crippen molar-refractivity contribution in [2.75, 3.05) is 5.73 Å². The molecule has 0 aliphatic heterocycles. The Hall–Kier alpha value is -1.17. The van der Waals surface area contributed by atoms with Gasteiger partial charge < -0.3 is 5.73 Å². The lowest BCUT2D eigenvalue weighted by atomic mass is 10.2. The van der Waals surface area contributed by atoms with Crippen LogP contribution in [0.25, 0.3) is 0 Å². The molecule has 0 heterocycles. The molecular formula is C7H7F2NO2S. The molecule has 1 aromatic carbocycles. The van der Waals surface area contributed by atoms with E-state index in [1.807, 2.05) is 0 Å². The number of hydrogen-bond donors (Lipinski definition) is 1. The van der Waals surface area contributed by atoms with Gasteiger partial charge in [0.2, 0.25) is 0 Å². The molecule has 2 N–H and O–H groups in total. The van der Waals surface area contributed by atoms with Gasteiger partial charge in [0.15, 0.2) is 0 Å². The van der Waals surface area contributed by atoms with Crippen LogP contribution < -0.4 is 5.73 Å². The van der Waals surface area contributed by atoms with E-state index in [0.717, 1.165) is 12.1 Å². The molecule has 6 heteroatoms. The van der Waals surface area contributed by atoms with E-state index in [9.17, 15) is 16.7 Å². The Morgan fingerprint density at radius 2 is 1.92 bits per heavy atom. The number of anilines is 1. The van der Waals surface area contributed by atoms with Crippen LogP contribution in [0.5, 0.6) is 0 Å². The van der Waals surface area contributed by atoms with E-state index in [4.69, 9.17) is 5.73 Å². The number of halogens is 2. The highest BCUT2D eigenvalue weighted by Crippen LogP contribution is 2.22. The number of nitrogens with two attached hydrogens (primary N) is 1. The number of benzene rings is 1. The van der Waals surface area contributed by atoms with Crippen LogP contribution in [-0.4, -0.2) is 8.42 Å². The largest absolute Gasteiger partial charge is 0.398 e. The first-order valence-corrected chi connectivity index (χ1v) is 4.71. The van der Waals surface area contributed by atoms with Crippen LogP contribution in [0.15, 0.2) is 17.0 Å². The van der Waals surface area contributed by atoms with E-state index < -0.39 is 20.9 Å². The summed E-state index contributed by atoms with van der Waals surface area (Å²) >= 11 is 0. The zero-order valence-electron chi connectivity index (χ0n) is 6.71. The van der Waals surface area contributed by atoms with Crippen LogP contribution in [0.1, 0.15) is 5.56 Å². The number of aryl methyl sites for hydroxylation is 1. The zero-order chi connectivity index (χ0) is 10.2. The summed E-state index contributed by atoms with van der Waals surface area (Å²) < 4.78 is 46.0. The highest BCUT2D eigenvalue weighted by molar-refractivity contribution is 7.86. The van der Waals surface area contributed by atoms with Crippen molar-refractivity contribution in [3.05, 3.63) is 23.5 Å². The van der Waals surface area contributed by atoms with Crippen LogP contribution >= 0.6 is 0 Å². The Bertz CT molecular complexity index is 442. The average Bonchev–Trinajstić information content (AvgIpc) is 1.94. The minimum absolute atomic E-state index is 0.0879. The van der Waals surface area contributed by atoms with Crippen molar-refractivity contribution >= 4 is 15.9 Å². The molecule has 0 aromatic heterocycles. The molecule has 0 saturated heterocycles. The smallest absolute Gasteiger partial charge is 0.335 e. The van der Waals surface area contributed by atoms with Gasteiger partial charge in [-0.3, -0.25) is 0 Å². The summed E-state index contributed by atoms with van der Waals surface area (Å²) in [5, 5.41) is 0. The van der Waals surface area contributed by atoms with Gasteiger partial charge in [-0.1, -0.05) is 0 Å². The van der Waals surface area contributed by atoms with Gasteiger partial charge in [0, 0.05) is 5.69 Å². The van der Waals surface area contributed by atoms with Gasteiger partial charge in [0.1, 0.15) is 10.7 Å². The third-order valence-electron chi connectivity index (χ3n) is 1.58. The standard InChI is InChI=1S/C7H7F2NO2S/c1-4-2-7(13(9,11)12)5(8)3-6(4)10/h2-3H,10H2,1H3. The summed E-state index contributed by atoms with van der Waals surface area (Å²) in [6.45, 7) is 1.46. The molecule has 0 aliphatic rings. The maximum absolute atomic E-state index is 12.8. The van der Waals surface area contributed by atoms with Gasteiger partial charge in [0.05, 0.1) is 0 Å². The highest BCUT2D eigenvalue weighted by atomic mass is 32.3. The van der Waals surface area contributed by atoms with Crippen LogP contribution in [0.4, 0.5) is 14.0 Å². The van der Waals surface area contributed by atoms with E-state index in [-0.39, 0.29) is 5.69 Å². The predicted molar refractivity (Wildman–Crippen MR) is 43.8 cm³/mol. The average molecular weight is 207 g/mol. The van der Waals surface area contributed by atoms with Crippen molar-refractivity contribution in [1.82, 2.24) is 0 Å². The van der Waals surface area contributed by atoms with E-state index in [1.165, 1.54) is 6.92 Å². The normalized spacial score (nSPS) is 11.6. The third kappa shape index (κ3) is 1.95. The topological polar surface area (TPSA) is 60.2 Å². The van der Waals surface area contributed by atoms with Crippen LogP contribution in [0.2, 0.25) is 0 Å². The number of hydrogen-bond acceptors (Lipinski definition) is 3. The monoisotopic (exact) mass is 207 g/mol. The van der Waals surface area contributed by atoms with E-state index >= 15 is 0 Å². The Labute approximate surface area is 74.4 Å². The lowest BCUT2D eigenvalue weighted by Gasteiger charge is -2.02. The fourth-order valence-corrected chi connectivity index (χ4v) is 1.47. The fraction of sp³-hybridized carbons (Fsp3) is 0.143. The summed E-state index contributed by atoms with van der Waals surface area (Å²) in [6, 6.07) is 1.64. The van der Waals surface area contributed by atoms with Crippen LogP contribution in [0, 0.1) is 12.7 Å². The quantitative estimate of drug-likeness (QED) is 0.559. The molecular weight excluding hydrogens is 200 g/mol. The summed E-state index contributed by atoms with van der Waals surface area (Å²) in [5.41, 5.74) is 5.68. The SMILES string of the molecule is Cc1cc(S(=O)(=O)F)c(F)cc1N. The molecule has 0 radical (unpaired) electrons. The third-order valence-corrected chi connectivity index (χ3v) is 2.42. The molecule has 0 spiro atoms. The maximum atomic E-state index is 12.8. The minimum atomic E-state index is -5.00. The van der Waals surface area contributed by atoms with Crippen molar-refractivity contribution in [2.24, 2.45) is 0 Å². The first-order chi connectivity index (χ1) is 5.82. The molecule has 0 bridgehead atoms. The molecule has 0 unspecified atom stereocenters. The molecule has 3 nitrogen and oxygen atoms in total. The van der Waals surface area contributed by atoms with Gasteiger partial charge in [-0.15, -0.1) is 3.89 Å². The molecule has 1 aromatic rings. The van der Waals surface area contributed by atoms with Gasteiger partial charge in [-0.05, 0) is 24.6 Å². The Morgan fingerprint density at radius 3 is 2.38 bits per heavy atom. The summed E-state index contributed by atoms with van der Waals surface area (Å²) in [4.78, 5) is -0.973. The summed E-state index contributed by atoms with van der Waals surface area (Å²) in [6.07, 6.45) is 0. The van der Waals surface area contributed by atoms with Gasteiger partial charge >= 0.3 is 10.2 Å². The summed E-state index contributed by atoms with van der Waals surface area (Å²) in [5.74, 6) is -1.18. The Kier molecular flexibility index (Phi) is 2.25. The molecule has 0 saturated carbocycles. The maximum Gasteiger partial charge on any atom is 0.335 e. The van der Waals surface area contributed by atoms with E-state index in [2.05, 4.69) is 0 Å². The van der Waals surface area contributed by atoms with Crippen LogP contribution in [-0.2, 0) is 10.2 Å². The van der Waals surface area contributed by atoms with Crippen molar-refractivity contribution in [1.29, 1.82) is 0 Å². The van der Waals surface area contributed by atoms with Crippen molar-refractivity contribution in [3.8, 4) is 0 Å². The van der Waals surface area contributed by atoms with E-state index in [1.54, 1.807) is 0 Å². The Morgan fingerprint density at radius 1 is 1.38 bits per heavy atom. The molecule has 0 aliphatic carbocycles. The lowest BCUT2D eigenvalue weighted by Crippen LogP contribution is -2.00. The summed E-state index contributed by atoms with van der Waals surface area (Å²) in [7, 11) is -5.00. The zero-order valence-corrected chi connectivity index (χ0v) is 7.53. The molecule has 0 amide bonds. The van der Waals surface area contributed by atoms with Crippen molar-refractivity contribution in [2.45, 2.75) is 11.8 Å². The molecule has 72 valence electrons. The lowest BCUT2D eigenvalue weighted by molar-refractivity contribution is 0.533. The predicted octanol–water partition coefficient (Wildman–Crippen LogP) is 1.37. The fourth-order valence-electron chi connectivity index (χ4n) is 0.857. The van der Waals surface area contributed by atoms with Gasteiger partial charge in [-0.2, -0.15) is 8.42 Å². The van der Waals surface area contributed by atoms with Crippen LogP contribution in [0.3, 0.4) is 0 Å². The van der Waals surface area contributed by atoms with Crippen molar-refractivity contribution in [3.63, 3.8) is 0 Å². The molecule has 1 rings (SSSR count). The number of rotatable bonds is 1. The molecule has 0 fully saturated rings. The Balaban J connectivity index is 3.50. The first-order valence-electron chi connectivity index (χ1n) is 3.32. The first kappa shape index (κ1) is 9.91. The van der Waals surface area contributed by atoms with Gasteiger partial charge in [0.25, 0.3) is 0 Å². The number of nitrogen functional groups attached to an aromatic ring is 1. The molecule has 13 heavy (non-hydrogen) atoms. The second-order valence-electron chi connectivity index (χ2n) is 2.58. The van der Waals surface area contributed by atoms with Gasteiger partial charge in [-0.25, -0.2) is 4.39 Å². The second-order valence-corrected chi connectivity index (χ2v) is 3.89.